The lowest BCUT2D eigenvalue weighted by molar-refractivity contribution is -0.199. The van der Waals surface area contributed by atoms with Crippen LogP contribution < -0.4 is 0 Å². The van der Waals surface area contributed by atoms with Crippen LogP contribution in [0.5, 0.6) is 0 Å². The van der Waals surface area contributed by atoms with Crippen molar-refractivity contribution in [3.8, 4) is 0 Å². The van der Waals surface area contributed by atoms with Crippen LogP contribution in [0.1, 0.15) is 0 Å². The van der Waals surface area contributed by atoms with Crippen molar-refractivity contribution in [1.29, 1.82) is 0 Å². The molecule has 0 aromatic heterocycles. The summed E-state index contributed by atoms with van der Waals surface area (Å²) < 4.78 is 0. The first-order chi connectivity index (χ1) is 6.93. The Morgan fingerprint density at radius 1 is 0.250 bits per heavy atom. The van der Waals surface area contributed by atoms with Gasteiger partial charge in [0.1, 0.15) is 0 Å². The minimum Gasteiger partial charge on any atom is -0.346 e. The molecular formula is C4H16O12. The minimum absolute atomic E-state index is 2.17. The van der Waals surface area contributed by atoms with Crippen molar-refractivity contribution in [3.05, 3.63) is 0 Å². The average molecular weight is 256 g/mol. The van der Waals surface area contributed by atoms with Gasteiger partial charge in [0.15, 0.2) is 0 Å². The Kier molecular flexibility index (Phi) is 30.8. The summed E-state index contributed by atoms with van der Waals surface area (Å²) in [5.41, 5.74) is 0. The van der Waals surface area contributed by atoms with Crippen molar-refractivity contribution in [2.75, 3.05) is 0 Å². The van der Waals surface area contributed by atoms with E-state index in [9.17, 15) is 0 Å². The highest BCUT2D eigenvalue weighted by Crippen LogP contribution is 1.50. The summed E-state index contributed by atoms with van der Waals surface area (Å²) in [6.45, 7) is -8.67. The van der Waals surface area contributed by atoms with Crippen molar-refractivity contribution in [3.63, 3.8) is 0 Å². The third-order valence-electron chi connectivity index (χ3n) is 0. The normalized spacial score (nSPS) is 9.00. The van der Waals surface area contributed by atoms with Crippen LogP contribution in [0.2, 0.25) is 0 Å². The highest BCUT2D eigenvalue weighted by molar-refractivity contribution is 3.76. The SMILES string of the molecule is OC(O)O.OC(O)O.OC(O)O.OC(O)O. The van der Waals surface area contributed by atoms with Crippen LogP contribution in [0, 0.1) is 0 Å². The first-order valence-corrected chi connectivity index (χ1v) is 3.10. The number of hydrogen-bond donors (Lipinski definition) is 12. The Morgan fingerprint density at radius 3 is 0.250 bits per heavy atom. The van der Waals surface area contributed by atoms with Gasteiger partial charge in [0.2, 0.25) is 0 Å². The van der Waals surface area contributed by atoms with Crippen LogP contribution in [0.15, 0.2) is 0 Å². The Hall–Kier alpha value is -0.480. The molecule has 0 aromatic carbocycles. The summed E-state index contributed by atoms with van der Waals surface area (Å²) >= 11 is 0. The van der Waals surface area contributed by atoms with Gasteiger partial charge >= 0.3 is 0 Å². The smallest absolute Gasteiger partial charge is 0.263 e. The Bertz CT molecular complexity index is 56.0. The van der Waals surface area contributed by atoms with E-state index in [1.807, 2.05) is 0 Å². The van der Waals surface area contributed by atoms with Crippen LogP contribution in [-0.2, 0) is 0 Å². The van der Waals surface area contributed by atoms with Gasteiger partial charge in [-0.2, -0.15) is 0 Å². The van der Waals surface area contributed by atoms with Gasteiger partial charge in [0.05, 0.1) is 0 Å². The van der Waals surface area contributed by atoms with Gasteiger partial charge < -0.3 is 61.3 Å². The van der Waals surface area contributed by atoms with Crippen LogP contribution in [0.25, 0.3) is 0 Å². The molecule has 0 saturated carbocycles. The molecule has 0 fully saturated rings. The first-order valence-electron chi connectivity index (χ1n) is 3.10. The lowest BCUT2D eigenvalue weighted by Gasteiger charge is -1.80. The number of aliphatic hydroxyl groups is 12. The summed E-state index contributed by atoms with van der Waals surface area (Å²) in [5.74, 6) is 0. The second-order valence-electron chi connectivity index (χ2n) is 1.39. The summed E-state index contributed by atoms with van der Waals surface area (Å²) in [5, 5.41) is 86.0. The molecular weight excluding hydrogens is 240 g/mol. The molecule has 12 N–H and O–H groups in total. The zero-order valence-corrected chi connectivity index (χ0v) is 7.68. The van der Waals surface area contributed by atoms with E-state index >= 15 is 0 Å². The Morgan fingerprint density at radius 2 is 0.250 bits per heavy atom. The maximum absolute atomic E-state index is 7.17. The zero-order chi connectivity index (χ0) is 14.3. The molecule has 0 heterocycles. The number of hydrogen-bond acceptors (Lipinski definition) is 12. The quantitative estimate of drug-likeness (QED) is 0.181. The van der Waals surface area contributed by atoms with E-state index < -0.39 is 25.9 Å². The van der Waals surface area contributed by atoms with Gasteiger partial charge in [-0.1, -0.05) is 0 Å². The van der Waals surface area contributed by atoms with Crippen molar-refractivity contribution in [2.24, 2.45) is 0 Å². The molecule has 0 aliphatic heterocycles. The second kappa shape index (κ2) is 20.0. The van der Waals surface area contributed by atoms with Gasteiger partial charge in [-0.15, -0.1) is 0 Å². The molecule has 0 aliphatic carbocycles. The Balaban J connectivity index is -0.0000000600. The molecule has 0 rings (SSSR count). The fourth-order valence-electron chi connectivity index (χ4n) is 0. The van der Waals surface area contributed by atoms with E-state index in [1.165, 1.54) is 0 Å². The molecule has 0 saturated heterocycles. The predicted octanol–water partition coefficient (Wildman–Crippen LogP) is -7.01. The maximum Gasteiger partial charge on any atom is 0.263 e. The van der Waals surface area contributed by atoms with Crippen molar-refractivity contribution in [1.82, 2.24) is 0 Å². The molecule has 104 valence electrons. The van der Waals surface area contributed by atoms with E-state index in [0.717, 1.165) is 0 Å². The highest BCUT2D eigenvalue weighted by Gasteiger charge is 1.73. The fraction of sp³-hybridized carbons (Fsp3) is 1.00. The van der Waals surface area contributed by atoms with Gasteiger partial charge in [-0.25, -0.2) is 0 Å². The third-order valence-corrected chi connectivity index (χ3v) is 0. The lowest BCUT2D eigenvalue weighted by atomic mass is 11.4. The summed E-state index contributed by atoms with van der Waals surface area (Å²) in [6, 6.07) is 0. The molecule has 0 amide bonds. The molecule has 0 unspecified atom stereocenters. The molecule has 0 spiro atoms. The van der Waals surface area contributed by atoms with Crippen molar-refractivity contribution >= 4 is 0 Å². The molecule has 12 heteroatoms. The van der Waals surface area contributed by atoms with Gasteiger partial charge in [0.25, 0.3) is 25.9 Å². The van der Waals surface area contributed by atoms with Gasteiger partial charge in [-0.3, -0.25) is 0 Å². The van der Waals surface area contributed by atoms with E-state index in [1.54, 1.807) is 0 Å². The fourth-order valence-corrected chi connectivity index (χ4v) is 0. The molecule has 0 aliphatic rings. The van der Waals surface area contributed by atoms with Crippen LogP contribution in [-0.4, -0.2) is 87.2 Å². The standard InChI is InChI=1S/4CH4O3/c4*2-1(3)4/h4*1-4H. The van der Waals surface area contributed by atoms with Crippen LogP contribution in [0.4, 0.5) is 0 Å². The maximum atomic E-state index is 7.17. The molecule has 16 heavy (non-hydrogen) atoms. The van der Waals surface area contributed by atoms with Crippen LogP contribution >= 0.6 is 0 Å². The van der Waals surface area contributed by atoms with Crippen LogP contribution in [0.3, 0.4) is 0 Å². The largest absolute Gasteiger partial charge is 0.346 e. The predicted molar refractivity (Wildman–Crippen MR) is 41.8 cm³/mol. The Labute approximate surface area is 88.4 Å². The minimum atomic E-state index is -2.17. The first kappa shape index (κ1) is 24.7. The topological polar surface area (TPSA) is 243 Å². The van der Waals surface area contributed by atoms with Gasteiger partial charge in [0, 0.05) is 0 Å². The van der Waals surface area contributed by atoms with Crippen molar-refractivity contribution in [2.45, 2.75) is 25.9 Å². The third kappa shape index (κ3) is 9200. The number of aliphatic hydroxyl groups excluding tert-OH is 4. The molecule has 0 radical (unpaired) electrons. The highest BCUT2D eigenvalue weighted by atomic mass is 16.7. The summed E-state index contributed by atoms with van der Waals surface area (Å²) in [6.07, 6.45) is 0. The average Bonchev–Trinajstić information content (AvgIpc) is 1.76. The zero-order valence-electron chi connectivity index (χ0n) is 7.68. The summed E-state index contributed by atoms with van der Waals surface area (Å²) in [4.78, 5) is 0. The number of rotatable bonds is 0. The van der Waals surface area contributed by atoms with E-state index in [0.29, 0.717) is 0 Å². The lowest BCUT2D eigenvalue weighted by Crippen LogP contribution is -1.98. The second-order valence-corrected chi connectivity index (χ2v) is 1.39. The molecule has 12 nitrogen and oxygen atoms in total. The van der Waals surface area contributed by atoms with Gasteiger partial charge in [-0.05, 0) is 0 Å². The van der Waals surface area contributed by atoms with E-state index in [4.69, 9.17) is 61.3 Å². The molecule has 0 aromatic rings. The van der Waals surface area contributed by atoms with Crippen molar-refractivity contribution < 1.29 is 61.3 Å². The summed E-state index contributed by atoms with van der Waals surface area (Å²) in [7, 11) is 0. The molecule has 0 bridgehead atoms. The van der Waals surface area contributed by atoms with E-state index in [2.05, 4.69) is 0 Å². The van der Waals surface area contributed by atoms with E-state index in [-0.39, 0.29) is 0 Å². The molecule has 0 atom stereocenters. The monoisotopic (exact) mass is 256 g/mol.